The highest BCUT2D eigenvalue weighted by molar-refractivity contribution is 5.97. The molecular weight excluding hydrogens is 465 g/mol. The second-order valence-electron chi connectivity index (χ2n) is 9.35. The van der Waals surface area contributed by atoms with Crippen LogP contribution in [0.25, 0.3) is 0 Å². The molecule has 0 radical (unpaired) electrons. The fourth-order valence-corrected chi connectivity index (χ4v) is 4.22. The number of nitrogens with one attached hydrogen (secondary N) is 1. The summed E-state index contributed by atoms with van der Waals surface area (Å²) in [5.74, 6) is -1.13. The minimum absolute atomic E-state index is 0.0793. The summed E-state index contributed by atoms with van der Waals surface area (Å²) in [7, 11) is 0. The van der Waals surface area contributed by atoms with Crippen molar-refractivity contribution >= 4 is 23.3 Å². The number of carbonyl (C=O) groups excluding carboxylic acids is 3. The maximum Gasteiger partial charge on any atom is 0.434 e. The summed E-state index contributed by atoms with van der Waals surface area (Å²) in [5.41, 5.74) is -1.65. The zero-order chi connectivity index (χ0) is 25.8. The molecule has 0 bridgehead atoms. The Hall–Kier alpha value is -3.24. The van der Waals surface area contributed by atoms with Gasteiger partial charge in [0, 0.05) is 18.8 Å². The van der Waals surface area contributed by atoms with E-state index in [2.05, 4.69) is 15.3 Å². The molecule has 190 valence electrons. The molecule has 0 spiro atoms. The quantitative estimate of drug-likeness (QED) is 0.515. The van der Waals surface area contributed by atoms with Gasteiger partial charge in [0.2, 0.25) is 0 Å². The molecule has 1 atom stereocenters. The lowest BCUT2D eigenvalue weighted by Crippen LogP contribution is -2.41. The van der Waals surface area contributed by atoms with Crippen molar-refractivity contribution in [2.45, 2.75) is 77.1 Å². The lowest BCUT2D eigenvalue weighted by Gasteiger charge is -2.23. The molecule has 1 N–H and O–H groups in total. The summed E-state index contributed by atoms with van der Waals surface area (Å²) in [6.45, 7) is 4.11. The summed E-state index contributed by atoms with van der Waals surface area (Å²) < 4.78 is 45.4. The molecule has 0 saturated heterocycles. The topological polar surface area (TPSA) is 103 Å². The summed E-state index contributed by atoms with van der Waals surface area (Å²) in [6, 6.07) is 2.35. The van der Waals surface area contributed by atoms with Gasteiger partial charge in [-0.2, -0.15) is 13.2 Å². The van der Waals surface area contributed by atoms with Crippen molar-refractivity contribution < 1.29 is 32.3 Å². The van der Waals surface area contributed by atoms with E-state index < -0.39 is 35.4 Å². The molecule has 2 aromatic rings. The van der Waals surface area contributed by atoms with Crippen molar-refractivity contribution in [3.63, 3.8) is 0 Å². The molecule has 1 saturated carbocycles. The summed E-state index contributed by atoms with van der Waals surface area (Å²) in [6.07, 6.45) is 3.09. The van der Waals surface area contributed by atoms with Gasteiger partial charge in [-0.25, -0.2) is 4.98 Å². The molecule has 1 fully saturated rings. The molecule has 1 aliphatic rings. The van der Waals surface area contributed by atoms with Crippen LogP contribution in [0.4, 0.5) is 18.9 Å². The van der Waals surface area contributed by atoms with Gasteiger partial charge >= 0.3 is 12.1 Å². The van der Waals surface area contributed by atoms with Crippen LogP contribution in [0.2, 0.25) is 0 Å². The van der Waals surface area contributed by atoms with Gasteiger partial charge in [-0.15, -0.1) is 0 Å². The third-order valence-electron chi connectivity index (χ3n) is 6.04. The Labute approximate surface area is 201 Å². The molecule has 1 amide bonds. The zero-order valence-electron chi connectivity index (χ0n) is 19.9. The van der Waals surface area contributed by atoms with Crippen LogP contribution >= 0.6 is 0 Å². The van der Waals surface area contributed by atoms with Gasteiger partial charge in [-0.1, -0.05) is 25.7 Å². The highest BCUT2D eigenvalue weighted by Gasteiger charge is 2.35. The van der Waals surface area contributed by atoms with E-state index in [9.17, 15) is 27.6 Å². The Morgan fingerprint density at radius 2 is 1.86 bits per heavy atom. The number of halogens is 3. The monoisotopic (exact) mass is 494 g/mol. The number of pyridine rings is 1. The van der Waals surface area contributed by atoms with E-state index in [0.717, 1.165) is 38.2 Å². The number of Topliss-reactive ketones (excluding diaryl/α,β-unsaturated/α-hetero) is 1. The molecule has 0 aromatic carbocycles. The maximum absolute atomic E-state index is 13.2. The smallest absolute Gasteiger partial charge is 0.434 e. The minimum Gasteiger partial charge on any atom is -0.450 e. The molecule has 2 heterocycles. The van der Waals surface area contributed by atoms with Crippen molar-refractivity contribution in [2.24, 2.45) is 5.92 Å². The van der Waals surface area contributed by atoms with Crippen molar-refractivity contribution in [1.29, 1.82) is 0 Å². The molecule has 35 heavy (non-hydrogen) atoms. The van der Waals surface area contributed by atoms with Crippen molar-refractivity contribution in [3.05, 3.63) is 42.2 Å². The Bertz CT molecular complexity index is 1060. The van der Waals surface area contributed by atoms with E-state index in [4.69, 9.17) is 4.74 Å². The molecule has 0 unspecified atom stereocenters. The highest BCUT2D eigenvalue weighted by Crippen LogP contribution is 2.34. The van der Waals surface area contributed by atoms with Crippen LogP contribution in [-0.2, 0) is 31.7 Å². The van der Waals surface area contributed by atoms with E-state index in [1.807, 2.05) is 0 Å². The molecule has 1 aliphatic carbocycles. The van der Waals surface area contributed by atoms with E-state index in [1.165, 1.54) is 31.5 Å². The Morgan fingerprint density at radius 3 is 2.40 bits per heavy atom. The molecule has 0 aliphatic heterocycles. The van der Waals surface area contributed by atoms with E-state index in [-0.39, 0.29) is 18.1 Å². The molecule has 11 heteroatoms. The number of alkyl halides is 3. The van der Waals surface area contributed by atoms with Crippen LogP contribution in [0.5, 0.6) is 0 Å². The molecule has 3 rings (SSSR count). The number of aromatic nitrogens is 3. The second-order valence-corrected chi connectivity index (χ2v) is 9.35. The first kappa shape index (κ1) is 26.4. The Balaban J connectivity index is 1.70. The van der Waals surface area contributed by atoms with Crippen molar-refractivity contribution in [3.8, 4) is 0 Å². The fourth-order valence-electron chi connectivity index (χ4n) is 4.22. The third-order valence-corrected chi connectivity index (χ3v) is 6.04. The van der Waals surface area contributed by atoms with E-state index >= 15 is 0 Å². The Kier molecular flexibility index (Phi) is 7.97. The van der Waals surface area contributed by atoms with Gasteiger partial charge in [0.25, 0.3) is 5.91 Å². The minimum atomic E-state index is -4.59. The van der Waals surface area contributed by atoms with Gasteiger partial charge in [-0.05, 0) is 38.3 Å². The number of esters is 1. The number of imidazole rings is 1. The van der Waals surface area contributed by atoms with E-state index in [1.54, 1.807) is 12.1 Å². The average molecular weight is 495 g/mol. The number of anilines is 1. The molecular formula is C24H29F3N4O4. The number of amides is 1. The van der Waals surface area contributed by atoms with Crippen LogP contribution in [-0.4, -0.2) is 37.8 Å². The van der Waals surface area contributed by atoms with E-state index in [0.29, 0.717) is 17.8 Å². The summed E-state index contributed by atoms with van der Waals surface area (Å²) in [5, 5.41) is 2.60. The lowest BCUT2D eigenvalue weighted by atomic mass is 9.94. The second kappa shape index (κ2) is 10.6. The zero-order valence-corrected chi connectivity index (χ0v) is 19.9. The highest BCUT2D eigenvalue weighted by atomic mass is 19.4. The third kappa shape index (κ3) is 7.12. The van der Waals surface area contributed by atoms with Crippen LogP contribution in [0.1, 0.15) is 70.3 Å². The SMILES string of the molecule is CC(=O)OC(C)(C)C(=O)Nc1ccc(CC(=O)[C@H](CC2CCCC2)n2cnc(C(F)(F)F)c2)nc1. The summed E-state index contributed by atoms with van der Waals surface area (Å²) >= 11 is 0. The van der Waals surface area contributed by atoms with Gasteiger partial charge < -0.3 is 14.6 Å². The number of carbonyl (C=O) groups is 3. The molecule has 8 nitrogen and oxygen atoms in total. The van der Waals surface area contributed by atoms with Gasteiger partial charge in [0.05, 0.1) is 30.7 Å². The first-order valence-electron chi connectivity index (χ1n) is 11.4. The number of ketones is 1. The maximum atomic E-state index is 13.2. The first-order valence-corrected chi connectivity index (χ1v) is 11.4. The average Bonchev–Trinajstić information content (AvgIpc) is 3.44. The fraction of sp³-hybridized carbons (Fsp3) is 0.542. The van der Waals surface area contributed by atoms with Gasteiger partial charge in [0.1, 0.15) is 0 Å². The predicted octanol–water partition coefficient (Wildman–Crippen LogP) is 4.51. The number of hydrogen-bond acceptors (Lipinski definition) is 6. The number of ether oxygens (including phenoxy) is 1. The standard InChI is InChI=1S/C24H29F3N4O4/c1-15(32)35-23(2,3)22(34)30-18-9-8-17(28-12-18)11-20(33)19(10-16-6-4-5-7-16)31-13-21(29-14-31)24(25,26)27/h8-9,12-14,16,19H,4-7,10-11H2,1-3H3,(H,30,34)/t19-/m0/s1. The summed E-state index contributed by atoms with van der Waals surface area (Å²) in [4.78, 5) is 44.4. The van der Waals surface area contributed by atoms with Crippen LogP contribution in [0.15, 0.2) is 30.9 Å². The number of rotatable bonds is 9. The van der Waals surface area contributed by atoms with Crippen molar-refractivity contribution in [1.82, 2.24) is 14.5 Å². The lowest BCUT2D eigenvalue weighted by molar-refractivity contribution is -0.160. The van der Waals surface area contributed by atoms with Crippen LogP contribution in [0, 0.1) is 5.92 Å². The largest absolute Gasteiger partial charge is 0.450 e. The number of nitrogens with zero attached hydrogens (tertiary/aromatic N) is 3. The normalized spacial score (nSPS) is 15.6. The van der Waals surface area contributed by atoms with Crippen LogP contribution in [0.3, 0.4) is 0 Å². The number of hydrogen-bond donors (Lipinski definition) is 1. The van der Waals surface area contributed by atoms with Crippen LogP contribution < -0.4 is 5.32 Å². The van der Waals surface area contributed by atoms with Gasteiger partial charge in [0.15, 0.2) is 17.1 Å². The van der Waals surface area contributed by atoms with Crippen molar-refractivity contribution in [2.75, 3.05) is 5.32 Å². The van der Waals surface area contributed by atoms with Gasteiger partial charge in [-0.3, -0.25) is 19.4 Å². The molecule has 2 aromatic heterocycles. The predicted molar refractivity (Wildman–Crippen MR) is 120 cm³/mol. The Morgan fingerprint density at radius 1 is 1.17 bits per heavy atom. The first-order chi connectivity index (χ1) is 16.3.